The normalized spacial score (nSPS) is 17.1. The van der Waals surface area contributed by atoms with Crippen LogP contribution in [0.2, 0.25) is 0 Å². The molecule has 0 aliphatic carbocycles. The van der Waals surface area contributed by atoms with Gasteiger partial charge in [0.1, 0.15) is 34.7 Å². The Labute approximate surface area is 202 Å². The van der Waals surface area contributed by atoms with E-state index in [2.05, 4.69) is 4.90 Å². The van der Waals surface area contributed by atoms with Gasteiger partial charge in [0.15, 0.2) is 5.75 Å². The predicted octanol–water partition coefficient (Wildman–Crippen LogP) is 5.31. The molecule has 1 fully saturated rings. The van der Waals surface area contributed by atoms with Crippen molar-refractivity contribution < 1.29 is 23.0 Å². The molecule has 3 aromatic carbocycles. The highest BCUT2D eigenvalue weighted by Gasteiger charge is 2.33. The molecular formula is C27H25F2N3O3. The Bertz CT molecular complexity index is 1340. The van der Waals surface area contributed by atoms with E-state index in [1.807, 2.05) is 50.2 Å². The molecule has 2 aliphatic rings. The van der Waals surface area contributed by atoms with Gasteiger partial charge in [-0.25, -0.2) is 13.8 Å². The molecule has 0 bridgehead atoms. The van der Waals surface area contributed by atoms with Crippen LogP contribution in [0.1, 0.15) is 28.4 Å². The predicted molar refractivity (Wildman–Crippen MR) is 129 cm³/mol. The van der Waals surface area contributed by atoms with Crippen LogP contribution in [0.3, 0.4) is 0 Å². The SMILES string of the molecule is COc1ccc2c(c1)C(N1CCN(C(=O)c3ccc(F)cc3F)[C@@H](C)C1)=Nc1ccc(C)cc1O2. The fourth-order valence-electron chi connectivity index (χ4n) is 4.50. The van der Waals surface area contributed by atoms with E-state index >= 15 is 0 Å². The maximum atomic E-state index is 14.3. The highest BCUT2D eigenvalue weighted by Crippen LogP contribution is 2.40. The average Bonchev–Trinajstić information content (AvgIpc) is 2.99. The lowest BCUT2D eigenvalue weighted by Crippen LogP contribution is -2.55. The second kappa shape index (κ2) is 9.02. The second-order valence-electron chi connectivity index (χ2n) is 8.79. The highest BCUT2D eigenvalue weighted by atomic mass is 19.1. The number of rotatable bonds is 2. The van der Waals surface area contributed by atoms with E-state index < -0.39 is 17.5 Å². The maximum Gasteiger partial charge on any atom is 0.257 e. The minimum Gasteiger partial charge on any atom is -0.497 e. The van der Waals surface area contributed by atoms with Crippen molar-refractivity contribution in [3.63, 3.8) is 0 Å². The number of aryl methyl sites for hydroxylation is 1. The standard InChI is InChI=1S/C27H25F2N3O3/c1-16-4-8-23-25(12-16)35-24-9-6-19(34-3)14-21(24)26(30-23)31-10-11-32(17(2)15-31)27(33)20-7-5-18(28)13-22(20)29/h4-9,12-14,17H,10-11,15H2,1-3H3/t17-/m0/s1. The number of carbonyl (C=O) groups is 1. The van der Waals surface area contributed by atoms with Gasteiger partial charge in [0, 0.05) is 31.7 Å². The molecule has 0 radical (unpaired) electrons. The number of hydrogen-bond acceptors (Lipinski definition) is 5. The van der Waals surface area contributed by atoms with Crippen LogP contribution in [0, 0.1) is 18.6 Å². The lowest BCUT2D eigenvalue weighted by molar-refractivity contribution is 0.0576. The average molecular weight is 478 g/mol. The summed E-state index contributed by atoms with van der Waals surface area (Å²) in [4.78, 5) is 21.7. The number of halogens is 2. The summed E-state index contributed by atoms with van der Waals surface area (Å²) in [6.45, 7) is 5.22. The van der Waals surface area contributed by atoms with E-state index in [9.17, 15) is 13.6 Å². The third-order valence-electron chi connectivity index (χ3n) is 6.34. The van der Waals surface area contributed by atoms with Crippen LogP contribution < -0.4 is 9.47 Å². The van der Waals surface area contributed by atoms with Crippen molar-refractivity contribution >= 4 is 17.4 Å². The molecule has 0 unspecified atom stereocenters. The van der Waals surface area contributed by atoms with Gasteiger partial charge >= 0.3 is 0 Å². The minimum absolute atomic E-state index is 0.133. The molecule has 0 N–H and O–H groups in total. The maximum absolute atomic E-state index is 14.3. The van der Waals surface area contributed by atoms with Gasteiger partial charge in [0.2, 0.25) is 0 Å². The number of amidine groups is 1. The molecule has 35 heavy (non-hydrogen) atoms. The Morgan fingerprint density at radius 3 is 2.63 bits per heavy atom. The van der Waals surface area contributed by atoms with Crippen molar-refractivity contribution in [1.82, 2.24) is 9.80 Å². The Kier molecular flexibility index (Phi) is 5.88. The van der Waals surface area contributed by atoms with Gasteiger partial charge in [-0.15, -0.1) is 0 Å². The summed E-state index contributed by atoms with van der Waals surface area (Å²) in [6, 6.07) is 14.2. The second-order valence-corrected chi connectivity index (χ2v) is 8.79. The first kappa shape index (κ1) is 22.8. The molecule has 1 saturated heterocycles. The van der Waals surface area contributed by atoms with E-state index in [0.29, 0.717) is 48.4 Å². The Morgan fingerprint density at radius 1 is 1.06 bits per heavy atom. The monoisotopic (exact) mass is 477 g/mol. The van der Waals surface area contributed by atoms with Gasteiger partial charge in [0.05, 0.1) is 18.2 Å². The third-order valence-corrected chi connectivity index (χ3v) is 6.34. The van der Waals surface area contributed by atoms with Gasteiger partial charge in [-0.05, 0) is 61.9 Å². The first-order valence-corrected chi connectivity index (χ1v) is 11.4. The van der Waals surface area contributed by atoms with Gasteiger partial charge in [-0.3, -0.25) is 4.79 Å². The summed E-state index contributed by atoms with van der Waals surface area (Å²) < 4.78 is 39.3. The number of hydrogen-bond donors (Lipinski definition) is 0. The van der Waals surface area contributed by atoms with Crippen molar-refractivity contribution in [3.8, 4) is 17.2 Å². The van der Waals surface area contributed by atoms with Crippen LogP contribution in [-0.4, -0.2) is 54.3 Å². The van der Waals surface area contributed by atoms with Crippen LogP contribution in [0.4, 0.5) is 14.5 Å². The van der Waals surface area contributed by atoms with Crippen molar-refractivity contribution in [1.29, 1.82) is 0 Å². The number of piperazine rings is 1. The van der Waals surface area contributed by atoms with Crippen molar-refractivity contribution in [2.24, 2.45) is 4.99 Å². The number of ether oxygens (including phenoxy) is 2. The minimum atomic E-state index is -0.858. The first-order valence-electron chi connectivity index (χ1n) is 11.4. The number of fused-ring (bicyclic) bond motifs is 2. The zero-order chi connectivity index (χ0) is 24.7. The van der Waals surface area contributed by atoms with Gasteiger partial charge < -0.3 is 19.3 Å². The number of benzene rings is 3. The van der Waals surface area contributed by atoms with Crippen molar-refractivity contribution in [2.75, 3.05) is 26.7 Å². The van der Waals surface area contributed by atoms with Gasteiger partial charge in [-0.1, -0.05) is 6.07 Å². The number of amides is 1. The molecule has 1 atom stereocenters. The van der Waals surface area contributed by atoms with E-state index in [4.69, 9.17) is 14.5 Å². The van der Waals surface area contributed by atoms with Gasteiger partial charge in [-0.2, -0.15) is 0 Å². The van der Waals surface area contributed by atoms with Crippen LogP contribution in [0.15, 0.2) is 59.6 Å². The van der Waals surface area contributed by atoms with E-state index in [1.165, 1.54) is 6.07 Å². The smallest absolute Gasteiger partial charge is 0.257 e. The fraction of sp³-hybridized carbons (Fsp3) is 0.259. The summed E-state index contributed by atoms with van der Waals surface area (Å²) >= 11 is 0. The number of aliphatic imine (C=N–C) groups is 1. The summed E-state index contributed by atoms with van der Waals surface area (Å²) in [5, 5.41) is 0. The summed E-state index contributed by atoms with van der Waals surface area (Å²) in [5.74, 6) is 0.694. The topological polar surface area (TPSA) is 54.4 Å². The summed E-state index contributed by atoms with van der Waals surface area (Å²) in [5.41, 5.74) is 2.42. The van der Waals surface area contributed by atoms with Crippen LogP contribution in [0.25, 0.3) is 0 Å². The lowest BCUT2D eigenvalue weighted by Gasteiger charge is -2.41. The quantitative estimate of drug-likeness (QED) is 0.502. The molecule has 6 nitrogen and oxygen atoms in total. The fourth-order valence-corrected chi connectivity index (χ4v) is 4.50. The Hall–Kier alpha value is -3.94. The number of nitrogens with zero attached hydrogens (tertiary/aromatic N) is 3. The lowest BCUT2D eigenvalue weighted by atomic mass is 10.1. The molecule has 3 aromatic rings. The van der Waals surface area contributed by atoms with Crippen molar-refractivity contribution in [3.05, 3.63) is 82.9 Å². The Morgan fingerprint density at radius 2 is 1.89 bits per heavy atom. The molecule has 8 heteroatoms. The summed E-state index contributed by atoms with van der Waals surface area (Å²) in [6.07, 6.45) is 0. The molecule has 180 valence electrons. The van der Waals surface area contributed by atoms with Gasteiger partial charge in [0.25, 0.3) is 5.91 Å². The molecular weight excluding hydrogens is 452 g/mol. The molecule has 1 amide bonds. The number of carbonyl (C=O) groups excluding carboxylic acids is 1. The van der Waals surface area contributed by atoms with E-state index in [0.717, 1.165) is 23.3 Å². The summed E-state index contributed by atoms with van der Waals surface area (Å²) in [7, 11) is 1.61. The molecule has 2 heterocycles. The van der Waals surface area contributed by atoms with Crippen LogP contribution in [-0.2, 0) is 0 Å². The zero-order valence-electron chi connectivity index (χ0n) is 19.7. The third kappa shape index (κ3) is 4.32. The molecule has 0 spiro atoms. The van der Waals surface area contributed by atoms with Crippen LogP contribution in [0.5, 0.6) is 17.2 Å². The molecule has 2 aliphatic heterocycles. The van der Waals surface area contributed by atoms with E-state index in [1.54, 1.807) is 12.0 Å². The zero-order valence-corrected chi connectivity index (χ0v) is 19.7. The highest BCUT2D eigenvalue weighted by molar-refractivity contribution is 6.04. The largest absolute Gasteiger partial charge is 0.497 e. The first-order chi connectivity index (χ1) is 16.8. The molecule has 0 saturated carbocycles. The molecule has 5 rings (SSSR count). The Balaban J connectivity index is 1.47. The van der Waals surface area contributed by atoms with Crippen molar-refractivity contribution in [2.45, 2.75) is 19.9 Å². The van der Waals surface area contributed by atoms with E-state index in [-0.39, 0.29) is 11.6 Å². The molecule has 0 aromatic heterocycles. The van der Waals surface area contributed by atoms with Crippen LogP contribution >= 0.6 is 0 Å². The number of methoxy groups -OCH3 is 1.